The van der Waals surface area contributed by atoms with Crippen LogP contribution in [0.15, 0.2) is 149 Å². The zero-order valence-corrected chi connectivity index (χ0v) is 20.5. The Morgan fingerprint density at radius 2 is 0.788 bits per heavy atom. The van der Waals surface area contributed by atoms with Gasteiger partial charge in [-0.05, 0) is 52.1 Å². The largest absolute Gasteiger partial charge is 0.105 e. The van der Waals surface area contributed by atoms with Gasteiger partial charge in [-0.3, -0.25) is 0 Å². The van der Waals surface area contributed by atoms with Crippen molar-refractivity contribution in [1.82, 2.24) is 0 Å². The van der Waals surface area contributed by atoms with E-state index in [1.165, 1.54) is 32.7 Å². The first-order chi connectivity index (χ1) is 16.3. The highest BCUT2D eigenvalue weighted by molar-refractivity contribution is 9.10. The summed E-state index contributed by atoms with van der Waals surface area (Å²) >= 11 is 5.42. The third-order valence-corrected chi connectivity index (χ3v) is 7.89. The summed E-state index contributed by atoms with van der Waals surface area (Å²) in [6.07, 6.45) is 0. The van der Waals surface area contributed by atoms with E-state index in [-0.39, 0.29) is 4.75 Å². The van der Waals surface area contributed by atoms with Crippen LogP contribution in [0, 0.1) is 0 Å². The van der Waals surface area contributed by atoms with Gasteiger partial charge in [-0.15, -0.1) is 11.8 Å². The third-order valence-electron chi connectivity index (χ3n) is 5.84. The highest BCUT2D eigenvalue weighted by Crippen LogP contribution is 2.51. The Hall–Kier alpha value is -3.07. The van der Waals surface area contributed by atoms with E-state index in [9.17, 15) is 0 Å². The molecule has 0 bridgehead atoms. The average molecular weight is 507 g/mol. The first-order valence-corrected chi connectivity index (χ1v) is 12.6. The summed E-state index contributed by atoms with van der Waals surface area (Å²) in [4.78, 5) is 1.23. The highest BCUT2D eigenvalue weighted by atomic mass is 79.9. The van der Waals surface area contributed by atoms with Gasteiger partial charge in [0.25, 0.3) is 0 Å². The van der Waals surface area contributed by atoms with Crippen molar-refractivity contribution in [2.45, 2.75) is 9.64 Å². The predicted octanol–water partition coefficient (Wildman–Crippen LogP) is 9.20. The van der Waals surface area contributed by atoms with Crippen LogP contribution in [0.4, 0.5) is 0 Å². The van der Waals surface area contributed by atoms with Crippen molar-refractivity contribution in [1.29, 1.82) is 0 Å². The minimum atomic E-state index is -0.358. The Kier molecular flexibility index (Phi) is 6.48. The van der Waals surface area contributed by atoms with Crippen LogP contribution in [0.2, 0.25) is 0 Å². The van der Waals surface area contributed by atoms with Crippen LogP contribution >= 0.6 is 27.7 Å². The Balaban J connectivity index is 1.63. The molecule has 0 N–H and O–H groups in total. The standard InChI is InChI=1S/C31H23BrS/c32-29-20-16-24(17-21-29)25-18-22-30(23-19-25)33-31(26-10-4-1-5-11-26,27-12-6-2-7-13-27)28-14-8-3-9-15-28/h1-23H. The van der Waals surface area contributed by atoms with E-state index in [2.05, 4.69) is 155 Å². The molecule has 0 heterocycles. The fourth-order valence-corrected chi connectivity index (χ4v) is 5.88. The van der Waals surface area contributed by atoms with Gasteiger partial charge in [0.2, 0.25) is 0 Å². The lowest BCUT2D eigenvalue weighted by Gasteiger charge is -2.35. The van der Waals surface area contributed by atoms with Crippen LogP contribution in [-0.4, -0.2) is 0 Å². The molecular formula is C31H23BrS. The maximum absolute atomic E-state index is 3.53. The van der Waals surface area contributed by atoms with Crippen molar-refractivity contribution in [3.63, 3.8) is 0 Å². The van der Waals surface area contributed by atoms with E-state index in [0.29, 0.717) is 0 Å². The average Bonchev–Trinajstić information content (AvgIpc) is 2.90. The van der Waals surface area contributed by atoms with E-state index < -0.39 is 0 Å². The zero-order chi connectivity index (χ0) is 22.5. The van der Waals surface area contributed by atoms with E-state index in [4.69, 9.17) is 0 Å². The number of benzene rings is 5. The molecule has 0 nitrogen and oxygen atoms in total. The molecule has 0 saturated heterocycles. The van der Waals surface area contributed by atoms with E-state index >= 15 is 0 Å². The van der Waals surface area contributed by atoms with Crippen LogP contribution in [0.25, 0.3) is 11.1 Å². The maximum atomic E-state index is 3.53. The second kappa shape index (κ2) is 9.82. The van der Waals surface area contributed by atoms with Gasteiger partial charge < -0.3 is 0 Å². The summed E-state index contributed by atoms with van der Waals surface area (Å²) < 4.78 is 0.736. The first kappa shape index (κ1) is 21.8. The lowest BCUT2D eigenvalue weighted by molar-refractivity contribution is 0.894. The Labute approximate surface area is 208 Å². The Morgan fingerprint density at radius 1 is 0.424 bits per heavy atom. The van der Waals surface area contributed by atoms with Gasteiger partial charge in [-0.2, -0.15) is 0 Å². The molecule has 0 amide bonds. The molecule has 0 fully saturated rings. The monoisotopic (exact) mass is 506 g/mol. The zero-order valence-electron chi connectivity index (χ0n) is 18.1. The second-order valence-corrected chi connectivity index (χ2v) is 10.1. The molecule has 0 aliphatic carbocycles. The van der Waals surface area contributed by atoms with E-state index in [1.54, 1.807) is 0 Å². The molecule has 33 heavy (non-hydrogen) atoms. The first-order valence-electron chi connectivity index (χ1n) is 11.0. The van der Waals surface area contributed by atoms with Crippen LogP contribution in [0.1, 0.15) is 16.7 Å². The molecule has 0 radical (unpaired) electrons. The van der Waals surface area contributed by atoms with Gasteiger partial charge >= 0.3 is 0 Å². The molecule has 0 saturated carbocycles. The Bertz CT molecular complexity index is 1200. The molecule has 0 spiro atoms. The molecular weight excluding hydrogens is 484 g/mol. The molecule has 5 aromatic carbocycles. The number of halogens is 1. The van der Waals surface area contributed by atoms with Crippen LogP contribution in [0.5, 0.6) is 0 Å². The number of hydrogen-bond donors (Lipinski definition) is 0. The molecule has 0 aliphatic heterocycles. The summed E-state index contributed by atoms with van der Waals surface area (Å²) in [5.74, 6) is 0. The minimum absolute atomic E-state index is 0.358. The molecule has 0 aliphatic rings. The van der Waals surface area contributed by atoms with Crippen LogP contribution < -0.4 is 0 Å². The molecule has 5 aromatic rings. The SMILES string of the molecule is Brc1ccc(-c2ccc(SC(c3ccccc3)(c3ccccc3)c3ccccc3)cc2)cc1. The summed E-state index contributed by atoms with van der Waals surface area (Å²) in [5, 5.41) is 0. The molecule has 5 rings (SSSR count). The van der Waals surface area contributed by atoms with Gasteiger partial charge in [0, 0.05) is 9.37 Å². The van der Waals surface area contributed by atoms with Crippen molar-refractivity contribution in [3.8, 4) is 11.1 Å². The smallest absolute Gasteiger partial charge is 0.0954 e. The number of rotatable bonds is 6. The van der Waals surface area contributed by atoms with Crippen molar-refractivity contribution < 1.29 is 0 Å². The van der Waals surface area contributed by atoms with Gasteiger partial charge in [0.1, 0.15) is 0 Å². The minimum Gasteiger partial charge on any atom is -0.105 e. The third kappa shape index (κ3) is 4.55. The summed E-state index contributed by atoms with van der Waals surface area (Å²) in [6, 6.07) is 49.9. The van der Waals surface area contributed by atoms with Crippen molar-refractivity contribution >= 4 is 27.7 Å². The summed E-state index contributed by atoms with van der Waals surface area (Å²) in [5.41, 5.74) is 6.24. The summed E-state index contributed by atoms with van der Waals surface area (Å²) in [7, 11) is 0. The molecule has 160 valence electrons. The second-order valence-electron chi connectivity index (χ2n) is 7.91. The van der Waals surface area contributed by atoms with Gasteiger partial charge in [0.15, 0.2) is 0 Å². The van der Waals surface area contributed by atoms with Gasteiger partial charge in [-0.25, -0.2) is 0 Å². The molecule has 2 heteroatoms. The normalized spacial score (nSPS) is 11.3. The van der Waals surface area contributed by atoms with Gasteiger partial charge in [0.05, 0.1) is 4.75 Å². The lowest BCUT2D eigenvalue weighted by atomic mass is 9.84. The van der Waals surface area contributed by atoms with Crippen molar-refractivity contribution in [3.05, 3.63) is 161 Å². The van der Waals surface area contributed by atoms with Crippen molar-refractivity contribution in [2.24, 2.45) is 0 Å². The molecule has 0 unspecified atom stereocenters. The van der Waals surface area contributed by atoms with E-state index in [0.717, 1.165) is 4.47 Å². The maximum Gasteiger partial charge on any atom is 0.0954 e. The fraction of sp³-hybridized carbons (Fsp3) is 0.0323. The van der Waals surface area contributed by atoms with E-state index in [1.807, 2.05) is 11.8 Å². The number of hydrogen-bond acceptors (Lipinski definition) is 1. The fourth-order valence-electron chi connectivity index (χ4n) is 4.23. The van der Waals surface area contributed by atoms with Crippen molar-refractivity contribution in [2.75, 3.05) is 0 Å². The van der Waals surface area contributed by atoms with Crippen LogP contribution in [0.3, 0.4) is 0 Å². The van der Waals surface area contributed by atoms with Gasteiger partial charge in [-0.1, -0.05) is 131 Å². The summed E-state index contributed by atoms with van der Waals surface area (Å²) in [6.45, 7) is 0. The Morgan fingerprint density at radius 3 is 1.18 bits per heavy atom. The quantitative estimate of drug-likeness (QED) is 0.163. The molecule has 0 aromatic heterocycles. The lowest BCUT2D eigenvalue weighted by Crippen LogP contribution is -2.25. The van der Waals surface area contributed by atoms with Crippen LogP contribution in [-0.2, 0) is 4.75 Å². The number of thioether (sulfide) groups is 1. The highest BCUT2D eigenvalue weighted by Gasteiger charge is 2.37. The predicted molar refractivity (Wildman–Crippen MR) is 145 cm³/mol. The topological polar surface area (TPSA) is 0 Å². The molecule has 0 atom stereocenters.